The molecule has 1 fully saturated rings. The van der Waals surface area contributed by atoms with Crippen molar-refractivity contribution in [2.24, 2.45) is 5.73 Å². The molecule has 1 aliphatic heterocycles. The number of aromatic nitrogens is 4. The minimum absolute atomic E-state index is 0.123. The van der Waals surface area contributed by atoms with Gasteiger partial charge < -0.3 is 25.7 Å². The van der Waals surface area contributed by atoms with Crippen LogP contribution >= 0.6 is 15.9 Å². The molecule has 10 heteroatoms. The van der Waals surface area contributed by atoms with E-state index in [0.29, 0.717) is 23.4 Å². The Kier molecular flexibility index (Phi) is 6.25. The van der Waals surface area contributed by atoms with Crippen LogP contribution in [0.25, 0.3) is 11.0 Å². The van der Waals surface area contributed by atoms with Crippen molar-refractivity contribution >= 4 is 44.2 Å². The number of fused-ring (bicyclic) bond motifs is 1. The summed E-state index contributed by atoms with van der Waals surface area (Å²) in [7, 11) is 1.64. The van der Waals surface area contributed by atoms with Gasteiger partial charge in [0.2, 0.25) is 0 Å². The standard InChI is InChI=1S/C24H26BrN7O2/c1-34-18-6-4-15(5-7-18)12-32-13-16(9-29-32)24(33)30-20-11-28-23-21(20)22(19(25)10-27-23)31-8-2-3-17(26)14-31/h4-7,9-11,13,17H,2-3,8,12,14,26H2,1H3,(H,27,28)(H,30,33)/t17-/m1/s1. The second kappa shape index (κ2) is 9.47. The maximum atomic E-state index is 13.1. The average Bonchev–Trinajstić information content (AvgIpc) is 3.47. The van der Waals surface area contributed by atoms with Crippen LogP contribution in [0.3, 0.4) is 0 Å². The summed E-state index contributed by atoms with van der Waals surface area (Å²) < 4.78 is 7.81. The van der Waals surface area contributed by atoms with E-state index in [-0.39, 0.29) is 11.9 Å². The molecule has 9 nitrogen and oxygen atoms in total. The molecule has 5 rings (SSSR count). The van der Waals surface area contributed by atoms with Gasteiger partial charge in [0.25, 0.3) is 5.91 Å². The van der Waals surface area contributed by atoms with Crippen LogP contribution in [0, 0.1) is 0 Å². The number of nitrogens with two attached hydrogens (primary N) is 1. The number of amides is 1. The van der Waals surface area contributed by atoms with E-state index < -0.39 is 0 Å². The highest BCUT2D eigenvalue weighted by Gasteiger charge is 2.24. The molecule has 1 aliphatic rings. The van der Waals surface area contributed by atoms with Gasteiger partial charge in [-0.1, -0.05) is 12.1 Å². The number of ether oxygens (including phenoxy) is 1. The van der Waals surface area contributed by atoms with Gasteiger partial charge in [-0.15, -0.1) is 0 Å². The van der Waals surface area contributed by atoms with Gasteiger partial charge in [0.05, 0.1) is 46.6 Å². The maximum Gasteiger partial charge on any atom is 0.258 e. The lowest BCUT2D eigenvalue weighted by Crippen LogP contribution is -2.43. The van der Waals surface area contributed by atoms with Crippen LogP contribution < -0.4 is 20.7 Å². The van der Waals surface area contributed by atoms with Gasteiger partial charge in [0.1, 0.15) is 11.4 Å². The van der Waals surface area contributed by atoms with Crippen molar-refractivity contribution < 1.29 is 9.53 Å². The first-order valence-electron chi connectivity index (χ1n) is 11.1. The molecule has 1 saturated heterocycles. The number of anilines is 2. The molecule has 4 N–H and O–H groups in total. The first-order valence-corrected chi connectivity index (χ1v) is 11.9. The van der Waals surface area contributed by atoms with Gasteiger partial charge in [-0.05, 0) is 46.5 Å². The Morgan fingerprint density at radius 1 is 1.32 bits per heavy atom. The number of hydrogen-bond donors (Lipinski definition) is 3. The van der Waals surface area contributed by atoms with E-state index in [1.165, 1.54) is 0 Å². The van der Waals surface area contributed by atoms with E-state index >= 15 is 0 Å². The number of aromatic amines is 1. The molecule has 1 amide bonds. The van der Waals surface area contributed by atoms with Crippen molar-refractivity contribution in [2.45, 2.75) is 25.4 Å². The van der Waals surface area contributed by atoms with E-state index in [4.69, 9.17) is 10.5 Å². The molecule has 3 aromatic heterocycles. The largest absolute Gasteiger partial charge is 0.497 e. The van der Waals surface area contributed by atoms with Gasteiger partial charge in [-0.25, -0.2) is 4.98 Å². The lowest BCUT2D eigenvalue weighted by molar-refractivity contribution is 0.102. The zero-order valence-electron chi connectivity index (χ0n) is 18.8. The number of carbonyl (C=O) groups excluding carboxylic acids is 1. The lowest BCUT2D eigenvalue weighted by atomic mass is 10.1. The van der Waals surface area contributed by atoms with Gasteiger partial charge in [0.15, 0.2) is 0 Å². The number of H-pyrrole nitrogens is 1. The molecule has 0 unspecified atom stereocenters. The van der Waals surface area contributed by atoms with Crippen molar-refractivity contribution in [1.29, 1.82) is 0 Å². The minimum atomic E-state index is -0.233. The highest BCUT2D eigenvalue weighted by Crippen LogP contribution is 2.38. The number of hydrogen-bond acceptors (Lipinski definition) is 6. The SMILES string of the molecule is COc1ccc(Cn2cc(C(=O)Nc3c[nH]c4ncc(Br)c(N5CCC[C@@H](N)C5)c34)cn2)cc1. The molecule has 0 saturated carbocycles. The summed E-state index contributed by atoms with van der Waals surface area (Å²) in [5.41, 5.74) is 10.2. The summed E-state index contributed by atoms with van der Waals surface area (Å²) in [5, 5.41) is 8.25. The fourth-order valence-corrected chi connectivity index (χ4v) is 4.91. The summed E-state index contributed by atoms with van der Waals surface area (Å²) in [6.45, 7) is 2.22. The number of pyridine rings is 1. The number of halogens is 1. The molecule has 176 valence electrons. The van der Waals surface area contributed by atoms with Crippen LogP contribution in [0.2, 0.25) is 0 Å². The third kappa shape index (κ3) is 4.51. The number of methoxy groups -OCH3 is 1. The quantitative estimate of drug-likeness (QED) is 0.354. The molecule has 0 spiro atoms. The Hall–Kier alpha value is -3.37. The van der Waals surface area contributed by atoms with Crippen molar-refractivity contribution in [2.75, 3.05) is 30.4 Å². The fraction of sp³-hybridized carbons (Fsp3) is 0.292. The number of nitrogens with zero attached hydrogens (tertiary/aromatic N) is 4. The smallest absolute Gasteiger partial charge is 0.258 e. The molecular weight excluding hydrogens is 498 g/mol. The Labute approximate surface area is 205 Å². The predicted molar refractivity (Wildman–Crippen MR) is 135 cm³/mol. The number of benzene rings is 1. The molecule has 1 aromatic carbocycles. The van der Waals surface area contributed by atoms with Crippen LogP contribution in [0.15, 0.2) is 53.5 Å². The summed E-state index contributed by atoms with van der Waals surface area (Å²) in [6, 6.07) is 7.89. The Balaban J connectivity index is 1.37. The minimum Gasteiger partial charge on any atom is -0.497 e. The first-order chi connectivity index (χ1) is 16.5. The molecular formula is C24H26BrN7O2. The van der Waals surface area contributed by atoms with E-state index in [9.17, 15) is 4.79 Å². The maximum absolute atomic E-state index is 13.1. The van der Waals surface area contributed by atoms with Gasteiger partial charge >= 0.3 is 0 Å². The van der Waals surface area contributed by atoms with Gasteiger partial charge in [0, 0.05) is 37.7 Å². The molecule has 0 aliphatic carbocycles. The van der Waals surface area contributed by atoms with Crippen LogP contribution in [-0.4, -0.2) is 51.9 Å². The van der Waals surface area contributed by atoms with Crippen LogP contribution in [0.1, 0.15) is 28.8 Å². The molecule has 0 bridgehead atoms. The average molecular weight is 524 g/mol. The van der Waals surface area contributed by atoms with Crippen molar-refractivity contribution in [1.82, 2.24) is 19.7 Å². The summed E-state index contributed by atoms with van der Waals surface area (Å²) in [4.78, 5) is 23.0. The Morgan fingerprint density at radius 3 is 2.91 bits per heavy atom. The third-order valence-corrected chi connectivity index (χ3v) is 6.63. The highest BCUT2D eigenvalue weighted by molar-refractivity contribution is 9.10. The number of nitrogens with one attached hydrogen (secondary N) is 2. The molecule has 4 heterocycles. The number of rotatable bonds is 6. The fourth-order valence-electron chi connectivity index (χ4n) is 4.36. The molecule has 4 aromatic rings. The summed E-state index contributed by atoms with van der Waals surface area (Å²) >= 11 is 3.65. The van der Waals surface area contributed by atoms with Crippen molar-refractivity contribution in [3.63, 3.8) is 0 Å². The zero-order valence-corrected chi connectivity index (χ0v) is 20.4. The Bertz CT molecular complexity index is 1310. The number of carbonyl (C=O) groups is 1. The van der Waals surface area contributed by atoms with E-state index in [2.05, 4.69) is 41.2 Å². The van der Waals surface area contributed by atoms with Crippen LogP contribution in [0.4, 0.5) is 11.4 Å². The monoisotopic (exact) mass is 523 g/mol. The van der Waals surface area contributed by atoms with Crippen molar-refractivity contribution in [3.8, 4) is 5.75 Å². The van der Waals surface area contributed by atoms with E-state index in [1.807, 2.05) is 24.3 Å². The zero-order chi connectivity index (χ0) is 23.7. The topological polar surface area (TPSA) is 114 Å². The van der Waals surface area contributed by atoms with Crippen molar-refractivity contribution in [3.05, 3.63) is 64.7 Å². The van der Waals surface area contributed by atoms with Gasteiger partial charge in [-0.3, -0.25) is 9.48 Å². The summed E-state index contributed by atoms with van der Waals surface area (Å²) in [6.07, 6.45) is 8.91. The second-order valence-electron chi connectivity index (χ2n) is 8.46. The summed E-state index contributed by atoms with van der Waals surface area (Å²) in [5.74, 6) is 0.568. The molecule has 1 atom stereocenters. The Morgan fingerprint density at radius 2 is 2.15 bits per heavy atom. The first kappa shape index (κ1) is 22.4. The number of piperidine rings is 1. The molecule has 0 radical (unpaired) electrons. The highest BCUT2D eigenvalue weighted by atomic mass is 79.9. The second-order valence-corrected chi connectivity index (χ2v) is 9.31. The van der Waals surface area contributed by atoms with Gasteiger partial charge in [-0.2, -0.15) is 5.10 Å². The van der Waals surface area contributed by atoms with E-state index in [0.717, 1.165) is 52.8 Å². The predicted octanol–water partition coefficient (Wildman–Crippen LogP) is 3.76. The molecule has 34 heavy (non-hydrogen) atoms. The van der Waals surface area contributed by atoms with E-state index in [1.54, 1.807) is 36.6 Å². The normalized spacial score (nSPS) is 16.1. The third-order valence-electron chi connectivity index (χ3n) is 6.05. The van der Waals surface area contributed by atoms with Crippen LogP contribution in [-0.2, 0) is 6.54 Å². The van der Waals surface area contributed by atoms with Crippen LogP contribution in [0.5, 0.6) is 5.75 Å². The lowest BCUT2D eigenvalue weighted by Gasteiger charge is -2.33.